The van der Waals surface area contributed by atoms with E-state index in [2.05, 4.69) is 34.1 Å². The molecular formula is C20H28N4OS. The molecule has 0 amide bonds. The van der Waals surface area contributed by atoms with E-state index in [0.29, 0.717) is 0 Å². The smallest absolute Gasteiger partial charge is 0.144 e. The summed E-state index contributed by atoms with van der Waals surface area (Å²) in [5.41, 5.74) is 1.06. The minimum atomic E-state index is 0.811. The molecule has 2 aromatic rings. The summed E-state index contributed by atoms with van der Waals surface area (Å²) in [6.45, 7) is 8.04. The lowest BCUT2D eigenvalue weighted by Gasteiger charge is -2.26. The van der Waals surface area contributed by atoms with Crippen molar-refractivity contribution in [1.82, 2.24) is 19.8 Å². The standard InChI is InChI=1S/C20H28N4OS/c1-4-8-23(9-5-1)12-15-26-20-17-6-2-3-7-18(17)21-19(22-20)16-24-10-13-25-14-11-24/h2-3,6-7H,1,4-5,8-16H2. The zero-order chi connectivity index (χ0) is 17.6. The first-order valence-corrected chi connectivity index (χ1v) is 10.8. The van der Waals surface area contributed by atoms with Crippen molar-refractivity contribution >= 4 is 22.7 Å². The van der Waals surface area contributed by atoms with Crippen molar-refractivity contribution in [3.05, 3.63) is 30.1 Å². The number of hydrogen-bond acceptors (Lipinski definition) is 6. The monoisotopic (exact) mass is 372 g/mol. The first-order valence-electron chi connectivity index (χ1n) is 9.79. The van der Waals surface area contributed by atoms with Gasteiger partial charge in [0.1, 0.15) is 10.9 Å². The summed E-state index contributed by atoms with van der Waals surface area (Å²) in [6, 6.07) is 8.41. The Labute approximate surface area is 160 Å². The molecule has 0 radical (unpaired) electrons. The molecule has 140 valence electrons. The predicted molar refractivity (Wildman–Crippen MR) is 107 cm³/mol. The lowest BCUT2D eigenvalue weighted by atomic mass is 10.1. The van der Waals surface area contributed by atoms with Crippen LogP contribution in [0.4, 0.5) is 0 Å². The van der Waals surface area contributed by atoms with Crippen LogP contribution in [-0.2, 0) is 11.3 Å². The second-order valence-electron chi connectivity index (χ2n) is 7.10. The molecule has 5 nitrogen and oxygen atoms in total. The number of rotatable bonds is 6. The lowest BCUT2D eigenvalue weighted by Crippen LogP contribution is -2.36. The van der Waals surface area contributed by atoms with Gasteiger partial charge in [-0.3, -0.25) is 4.90 Å². The Hall–Kier alpha value is -1.21. The normalized spacial score (nSPS) is 19.8. The Bertz CT molecular complexity index is 714. The molecule has 0 N–H and O–H groups in total. The second kappa shape index (κ2) is 9.13. The third kappa shape index (κ3) is 4.74. The van der Waals surface area contributed by atoms with Crippen LogP contribution in [0.1, 0.15) is 25.1 Å². The molecule has 0 atom stereocenters. The number of hydrogen-bond donors (Lipinski definition) is 0. The van der Waals surface area contributed by atoms with Crippen molar-refractivity contribution in [3.63, 3.8) is 0 Å². The molecule has 2 aliphatic heterocycles. The minimum absolute atomic E-state index is 0.811. The Morgan fingerprint density at radius 3 is 2.58 bits per heavy atom. The highest BCUT2D eigenvalue weighted by molar-refractivity contribution is 7.99. The summed E-state index contributed by atoms with van der Waals surface area (Å²) >= 11 is 1.88. The van der Waals surface area contributed by atoms with E-state index in [0.717, 1.165) is 61.5 Å². The van der Waals surface area contributed by atoms with Gasteiger partial charge in [0.2, 0.25) is 0 Å². The first-order chi connectivity index (χ1) is 12.9. The van der Waals surface area contributed by atoms with E-state index < -0.39 is 0 Å². The van der Waals surface area contributed by atoms with Gasteiger partial charge in [0.05, 0.1) is 25.3 Å². The van der Waals surface area contributed by atoms with Gasteiger partial charge in [-0.25, -0.2) is 9.97 Å². The van der Waals surface area contributed by atoms with Crippen LogP contribution in [0, 0.1) is 0 Å². The van der Waals surface area contributed by atoms with Crippen LogP contribution in [-0.4, -0.2) is 71.5 Å². The zero-order valence-electron chi connectivity index (χ0n) is 15.4. The van der Waals surface area contributed by atoms with Crippen molar-refractivity contribution in [2.24, 2.45) is 0 Å². The van der Waals surface area contributed by atoms with Crippen molar-refractivity contribution in [3.8, 4) is 0 Å². The molecule has 1 aromatic heterocycles. The summed E-state index contributed by atoms with van der Waals surface area (Å²) in [7, 11) is 0. The van der Waals surface area contributed by atoms with Crippen LogP contribution in [0.3, 0.4) is 0 Å². The quantitative estimate of drug-likeness (QED) is 0.573. The minimum Gasteiger partial charge on any atom is -0.379 e. The maximum absolute atomic E-state index is 5.45. The van der Waals surface area contributed by atoms with Crippen molar-refractivity contribution in [2.45, 2.75) is 30.8 Å². The molecule has 2 fully saturated rings. The van der Waals surface area contributed by atoms with Gasteiger partial charge >= 0.3 is 0 Å². The molecule has 0 unspecified atom stereocenters. The SMILES string of the molecule is c1ccc2c(SCCN3CCCCC3)nc(CN3CCOCC3)nc2c1. The van der Waals surface area contributed by atoms with Gasteiger partial charge in [0.25, 0.3) is 0 Å². The molecule has 1 aromatic carbocycles. The number of likely N-dealkylation sites (tertiary alicyclic amines) is 1. The van der Waals surface area contributed by atoms with E-state index in [9.17, 15) is 0 Å². The number of ether oxygens (including phenoxy) is 1. The van der Waals surface area contributed by atoms with Gasteiger partial charge in [-0.15, -0.1) is 11.8 Å². The predicted octanol–water partition coefficient (Wildman–Crippen LogP) is 3.04. The fourth-order valence-corrected chi connectivity index (χ4v) is 4.73. The highest BCUT2D eigenvalue weighted by atomic mass is 32.2. The molecule has 4 rings (SSSR count). The average molecular weight is 373 g/mol. The van der Waals surface area contributed by atoms with Crippen LogP contribution >= 0.6 is 11.8 Å². The Morgan fingerprint density at radius 2 is 1.73 bits per heavy atom. The third-order valence-electron chi connectivity index (χ3n) is 5.18. The largest absolute Gasteiger partial charge is 0.379 e. The molecule has 0 bridgehead atoms. The molecule has 0 saturated carbocycles. The van der Waals surface area contributed by atoms with Crippen LogP contribution in [0.25, 0.3) is 10.9 Å². The summed E-state index contributed by atoms with van der Waals surface area (Å²) in [4.78, 5) is 14.7. The fourth-order valence-electron chi connectivity index (χ4n) is 3.69. The number of benzene rings is 1. The molecular weight excluding hydrogens is 344 g/mol. The van der Waals surface area contributed by atoms with E-state index in [1.165, 1.54) is 37.7 Å². The number of morpholine rings is 1. The number of nitrogens with zero attached hydrogens (tertiary/aromatic N) is 4. The molecule has 26 heavy (non-hydrogen) atoms. The van der Waals surface area contributed by atoms with Gasteiger partial charge in [0, 0.05) is 30.8 Å². The molecule has 2 aliphatic rings. The summed E-state index contributed by atoms with van der Waals surface area (Å²) in [5, 5.41) is 2.32. The Balaban J connectivity index is 1.46. The van der Waals surface area contributed by atoms with Gasteiger partial charge in [-0.05, 0) is 32.0 Å². The fraction of sp³-hybridized carbons (Fsp3) is 0.600. The third-order valence-corrected chi connectivity index (χ3v) is 6.15. The highest BCUT2D eigenvalue weighted by Crippen LogP contribution is 2.26. The zero-order valence-corrected chi connectivity index (χ0v) is 16.2. The number of aromatic nitrogens is 2. The van der Waals surface area contributed by atoms with Gasteiger partial charge < -0.3 is 9.64 Å². The second-order valence-corrected chi connectivity index (χ2v) is 8.19. The van der Waals surface area contributed by atoms with Crippen LogP contribution in [0.5, 0.6) is 0 Å². The Kier molecular flexibility index (Phi) is 6.38. The molecule has 6 heteroatoms. The average Bonchev–Trinajstić information content (AvgIpc) is 2.69. The van der Waals surface area contributed by atoms with Gasteiger partial charge in [-0.1, -0.05) is 24.6 Å². The molecule has 3 heterocycles. The van der Waals surface area contributed by atoms with Crippen LogP contribution in [0.15, 0.2) is 29.3 Å². The molecule has 2 saturated heterocycles. The van der Waals surface area contributed by atoms with Crippen LogP contribution < -0.4 is 0 Å². The highest BCUT2D eigenvalue weighted by Gasteiger charge is 2.15. The van der Waals surface area contributed by atoms with Crippen molar-refractivity contribution < 1.29 is 4.74 Å². The van der Waals surface area contributed by atoms with Crippen molar-refractivity contribution in [2.75, 3.05) is 51.7 Å². The van der Waals surface area contributed by atoms with Crippen molar-refractivity contribution in [1.29, 1.82) is 0 Å². The Morgan fingerprint density at radius 1 is 0.923 bits per heavy atom. The number of para-hydroxylation sites is 1. The molecule has 0 aliphatic carbocycles. The lowest BCUT2D eigenvalue weighted by molar-refractivity contribution is 0.0330. The topological polar surface area (TPSA) is 41.5 Å². The van der Waals surface area contributed by atoms with Crippen LogP contribution in [0.2, 0.25) is 0 Å². The van der Waals surface area contributed by atoms with E-state index in [-0.39, 0.29) is 0 Å². The number of thioether (sulfide) groups is 1. The van der Waals surface area contributed by atoms with Gasteiger partial charge in [-0.2, -0.15) is 0 Å². The van der Waals surface area contributed by atoms with Gasteiger partial charge in [0.15, 0.2) is 0 Å². The summed E-state index contributed by atoms with van der Waals surface area (Å²) in [6.07, 6.45) is 4.10. The summed E-state index contributed by atoms with van der Waals surface area (Å²) in [5.74, 6) is 2.03. The first kappa shape index (κ1) is 18.2. The number of piperidine rings is 1. The molecule has 0 spiro atoms. The maximum atomic E-state index is 5.45. The van der Waals surface area contributed by atoms with E-state index in [1.54, 1.807) is 0 Å². The maximum Gasteiger partial charge on any atom is 0.144 e. The summed E-state index contributed by atoms with van der Waals surface area (Å²) < 4.78 is 5.45. The van der Waals surface area contributed by atoms with E-state index >= 15 is 0 Å². The van der Waals surface area contributed by atoms with E-state index in [1.807, 2.05) is 11.8 Å². The number of fused-ring (bicyclic) bond motifs is 1. The van der Waals surface area contributed by atoms with E-state index in [4.69, 9.17) is 14.7 Å².